The highest BCUT2D eigenvalue weighted by Gasteiger charge is 2.48. The third-order valence-corrected chi connectivity index (χ3v) is 13.9. The van der Waals surface area contributed by atoms with Crippen molar-refractivity contribution in [2.75, 3.05) is 91.7 Å². The number of aldehydes is 2. The van der Waals surface area contributed by atoms with Crippen LogP contribution in [0.4, 0.5) is 5.69 Å². The van der Waals surface area contributed by atoms with Crippen LogP contribution in [0.3, 0.4) is 0 Å². The van der Waals surface area contributed by atoms with E-state index in [1.165, 1.54) is 11.1 Å². The van der Waals surface area contributed by atoms with E-state index in [-0.39, 0.29) is 23.0 Å². The first-order valence-electron chi connectivity index (χ1n) is 20.5. The molecule has 1 N–H and O–H groups in total. The van der Waals surface area contributed by atoms with E-state index in [0.29, 0.717) is 24.6 Å². The molecule has 0 aromatic heterocycles. The van der Waals surface area contributed by atoms with E-state index >= 15 is 0 Å². The van der Waals surface area contributed by atoms with E-state index in [0.717, 1.165) is 114 Å². The lowest BCUT2D eigenvalue weighted by Crippen LogP contribution is -2.58. The fraction of sp³-hybridized carbons (Fsp3) is 0.636. The Morgan fingerprint density at radius 3 is 2.39 bits per heavy atom. The molecule has 2 fully saturated rings. The molecule has 0 bridgehead atoms. The molecule has 2 aromatic carbocycles. The minimum atomic E-state index is -1.09. The third kappa shape index (κ3) is 12.2. The largest absolute Gasteiger partial charge is 0.491 e. The number of fused-ring (bicyclic) bond motifs is 1. The number of anilines is 1. The second-order valence-electron chi connectivity index (χ2n) is 15.6. The molecule has 2 heterocycles. The Kier molecular flexibility index (Phi) is 19.0. The predicted molar refractivity (Wildman–Crippen MR) is 230 cm³/mol. The van der Waals surface area contributed by atoms with Crippen LogP contribution in [0.1, 0.15) is 80.8 Å². The molecule has 0 amide bonds. The Labute approximate surface area is 344 Å². The number of carbonyl (C=O) groups excluding carboxylic acids is 2. The number of hydrogen-bond acceptors (Lipinski definition) is 9. The molecule has 0 radical (unpaired) electrons. The van der Waals surface area contributed by atoms with E-state index in [9.17, 15) is 13.8 Å². The smallest absolute Gasteiger partial charge is 0.150 e. The molecule has 3 aliphatic rings. The number of rotatable bonds is 19. The molecule has 2 aromatic rings. The van der Waals surface area contributed by atoms with Gasteiger partial charge in [0, 0.05) is 88.4 Å². The summed E-state index contributed by atoms with van der Waals surface area (Å²) >= 11 is 6.48. The number of ether oxygens (including phenoxy) is 3. The van der Waals surface area contributed by atoms with Gasteiger partial charge in [0.2, 0.25) is 0 Å². The minimum Gasteiger partial charge on any atom is -0.491 e. The molecule has 0 spiro atoms. The molecule has 7 atom stereocenters. The van der Waals surface area contributed by atoms with Gasteiger partial charge in [0.15, 0.2) is 0 Å². The van der Waals surface area contributed by atoms with Crippen molar-refractivity contribution in [2.24, 2.45) is 17.8 Å². The van der Waals surface area contributed by atoms with Gasteiger partial charge in [-0.05, 0) is 106 Å². The summed E-state index contributed by atoms with van der Waals surface area (Å²) in [5, 5.41) is 0.769. The number of nitrogens with one attached hydrogen (secondary N) is 1. The van der Waals surface area contributed by atoms with Crippen molar-refractivity contribution in [3.8, 4) is 5.75 Å². The maximum atomic E-state index is 12.5. The lowest BCUT2D eigenvalue weighted by atomic mass is 9.63. The average Bonchev–Trinajstić information content (AvgIpc) is 3.38. The van der Waals surface area contributed by atoms with Crippen molar-refractivity contribution in [2.45, 2.75) is 76.6 Å². The molecular formula is C44H67ClN4O6S. The monoisotopic (exact) mass is 814 g/mol. The van der Waals surface area contributed by atoms with Crippen molar-refractivity contribution >= 4 is 40.8 Å². The molecule has 2 aliphatic heterocycles. The Morgan fingerprint density at radius 2 is 1.79 bits per heavy atom. The second kappa shape index (κ2) is 23.1. The average molecular weight is 816 g/mol. The Bertz CT molecular complexity index is 1590. The summed E-state index contributed by atoms with van der Waals surface area (Å²) in [6, 6.07) is 12.0. The molecule has 12 heteroatoms. The van der Waals surface area contributed by atoms with Crippen LogP contribution in [0, 0.1) is 17.8 Å². The van der Waals surface area contributed by atoms with Crippen LogP contribution in [0.2, 0.25) is 5.02 Å². The Morgan fingerprint density at radius 1 is 1.05 bits per heavy atom. The number of piperazine rings is 1. The van der Waals surface area contributed by atoms with E-state index in [1.54, 1.807) is 14.2 Å². The fourth-order valence-corrected chi connectivity index (χ4v) is 9.45. The summed E-state index contributed by atoms with van der Waals surface area (Å²) in [6.45, 7) is 16.0. The van der Waals surface area contributed by atoms with Gasteiger partial charge >= 0.3 is 0 Å². The van der Waals surface area contributed by atoms with Gasteiger partial charge in [0.1, 0.15) is 23.9 Å². The van der Waals surface area contributed by atoms with Crippen molar-refractivity contribution < 1.29 is 28.0 Å². The number of halogens is 1. The molecule has 5 rings (SSSR count). The maximum absolute atomic E-state index is 12.5. The first-order chi connectivity index (χ1) is 27.1. The molecule has 56 heavy (non-hydrogen) atoms. The lowest BCUT2D eigenvalue weighted by molar-refractivity contribution is -0.110. The van der Waals surface area contributed by atoms with Crippen LogP contribution in [-0.2, 0) is 31.7 Å². The van der Waals surface area contributed by atoms with Crippen molar-refractivity contribution in [1.29, 1.82) is 0 Å². The molecule has 312 valence electrons. The second-order valence-corrected chi connectivity index (χ2v) is 17.8. The third-order valence-electron chi connectivity index (χ3n) is 12.1. The number of nitrogens with zero attached hydrogens (tertiary/aromatic N) is 3. The van der Waals surface area contributed by atoms with Crippen molar-refractivity contribution in [3.05, 3.63) is 70.3 Å². The zero-order valence-corrected chi connectivity index (χ0v) is 36.4. The number of hydrogen-bond donors (Lipinski definition) is 1. The van der Waals surface area contributed by atoms with Crippen LogP contribution in [0.5, 0.6) is 5.75 Å². The highest BCUT2D eigenvalue weighted by Crippen LogP contribution is 2.47. The summed E-state index contributed by atoms with van der Waals surface area (Å²) in [5.41, 5.74) is 3.63. The van der Waals surface area contributed by atoms with Gasteiger partial charge in [-0.25, -0.2) is 8.93 Å². The Balaban J connectivity index is 0.00000166. The number of carbonyl (C=O) groups is 2. The van der Waals surface area contributed by atoms with Gasteiger partial charge in [0.05, 0.1) is 29.8 Å². The molecule has 1 saturated heterocycles. The van der Waals surface area contributed by atoms with Gasteiger partial charge in [-0.3, -0.25) is 14.6 Å². The quantitative estimate of drug-likeness (QED) is 0.121. The number of benzene rings is 2. The highest BCUT2D eigenvalue weighted by atomic mass is 35.5. The van der Waals surface area contributed by atoms with Crippen LogP contribution >= 0.6 is 11.6 Å². The summed E-state index contributed by atoms with van der Waals surface area (Å²) in [6.07, 6.45) is 11.4. The van der Waals surface area contributed by atoms with Gasteiger partial charge < -0.3 is 23.9 Å². The molecule has 7 unspecified atom stereocenters. The van der Waals surface area contributed by atoms with E-state index in [1.807, 2.05) is 45.2 Å². The SMILES string of the molecule is CCCc1cc(Cl)ccc1C1COc2ccc(C=O)cc2N(CC2CCC2C(/C=C/CC(C)C(C)S(=O)NC)(CN2CCN(CC=O)CC2)OC)C1.CCOC. The molecule has 1 aliphatic carbocycles. The molecular weight excluding hydrogens is 748 g/mol. The summed E-state index contributed by atoms with van der Waals surface area (Å²) in [5.74, 6) is 1.79. The van der Waals surface area contributed by atoms with Crippen LogP contribution in [0.15, 0.2) is 48.6 Å². The standard InChI is InChI=1S/C41H59ClN4O5S.C3H8O/c1-6-8-33-24-36(42)12-13-37(33)35-26-46(39-23-32(27-48)10-15-40(39)51-28-35)25-34-11-14-38(34)41(50-5,16-7-9-30(2)31(3)52(49)43-4)29-45-19-17-44(18-20-45)21-22-47;1-3-4-2/h7,10,12-13,15-16,22-24,27,30-31,34-35,38,43H,6,8-9,11,14,17-21,25-26,28-29H2,1-5H3;3H2,1-2H3/b16-7+;. The number of methoxy groups -OCH3 is 2. The molecule has 1 saturated carbocycles. The summed E-state index contributed by atoms with van der Waals surface area (Å²) in [7, 11) is 4.18. The van der Waals surface area contributed by atoms with Crippen LogP contribution < -0.4 is 14.4 Å². The van der Waals surface area contributed by atoms with Crippen molar-refractivity contribution in [1.82, 2.24) is 14.5 Å². The predicted octanol–water partition coefficient (Wildman–Crippen LogP) is 6.82. The topological polar surface area (TPSA) is 101 Å². The van der Waals surface area contributed by atoms with E-state index < -0.39 is 16.6 Å². The number of allylic oxidation sites excluding steroid dienone is 1. The van der Waals surface area contributed by atoms with Crippen LogP contribution in [0.25, 0.3) is 0 Å². The highest BCUT2D eigenvalue weighted by molar-refractivity contribution is 7.83. The molecule has 10 nitrogen and oxygen atoms in total. The Hall–Kier alpha value is -2.64. The first kappa shape index (κ1) is 46.1. The van der Waals surface area contributed by atoms with Gasteiger partial charge in [-0.1, -0.05) is 50.1 Å². The zero-order chi connectivity index (χ0) is 40.7. The van der Waals surface area contributed by atoms with Crippen LogP contribution in [-0.4, -0.2) is 124 Å². The normalized spacial score (nSPS) is 23.0. The van der Waals surface area contributed by atoms with Gasteiger partial charge in [0.25, 0.3) is 0 Å². The summed E-state index contributed by atoms with van der Waals surface area (Å²) < 4.78 is 33.1. The lowest BCUT2D eigenvalue weighted by Gasteiger charge is -2.52. The zero-order valence-electron chi connectivity index (χ0n) is 34.8. The van der Waals surface area contributed by atoms with Crippen molar-refractivity contribution in [3.63, 3.8) is 0 Å². The minimum absolute atomic E-state index is 0.0157. The summed E-state index contributed by atoms with van der Waals surface area (Å²) in [4.78, 5) is 30.3. The first-order valence-corrected chi connectivity index (χ1v) is 22.1. The maximum Gasteiger partial charge on any atom is 0.150 e. The van der Waals surface area contributed by atoms with Gasteiger partial charge in [-0.15, -0.1) is 0 Å². The number of aryl methyl sites for hydroxylation is 1. The van der Waals surface area contributed by atoms with E-state index in [2.05, 4.69) is 62.3 Å². The van der Waals surface area contributed by atoms with E-state index in [4.69, 9.17) is 21.1 Å². The van der Waals surface area contributed by atoms with Gasteiger partial charge in [-0.2, -0.15) is 0 Å². The fourth-order valence-electron chi connectivity index (χ4n) is 8.35.